The van der Waals surface area contributed by atoms with Gasteiger partial charge in [0.25, 0.3) is 5.91 Å². The summed E-state index contributed by atoms with van der Waals surface area (Å²) >= 11 is 0. The molecule has 3 fully saturated rings. The molecule has 2 aromatic rings. The Hall–Kier alpha value is -4.47. The third-order valence-corrected chi connectivity index (χ3v) is 12.8. The number of amides is 4. The predicted molar refractivity (Wildman–Crippen MR) is 181 cm³/mol. The van der Waals surface area contributed by atoms with Crippen molar-refractivity contribution in [3.05, 3.63) is 36.7 Å². The zero-order valence-corrected chi connectivity index (χ0v) is 29.4. The zero-order valence-electron chi connectivity index (χ0n) is 28.5. The zero-order chi connectivity index (χ0) is 36.0. The number of carbonyl (C=O) groups excluding carboxylic acids is 3. The summed E-state index contributed by atoms with van der Waals surface area (Å²) in [6.07, 6.45) is 5.94. The van der Waals surface area contributed by atoms with E-state index in [-0.39, 0.29) is 31.2 Å². The third-order valence-electron chi connectivity index (χ3n) is 10.6. The highest BCUT2D eigenvalue weighted by Gasteiger charge is 2.63. The van der Waals surface area contributed by atoms with Gasteiger partial charge in [-0.2, -0.15) is 0 Å². The van der Waals surface area contributed by atoms with E-state index in [1.807, 2.05) is 19.1 Å². The van der Waals surface area contributed by atoms with Crippen LogP contribution in [0.5, 0.6) is 11.6 Å². The van der Waals surface area contributed by atoms with Crippen molar-refractivity contribution in [2.45, 2.75) is 94.2 Å². The first-order valence-corrected chi connectivity index (χ1v) is 18.5. The lowest BCUT2D eigenvalue weighted by atomic mass is 9.88. The highest BCUT2D eigenvalue weighted by Crippen LogP contribution is 2.47. The van der Waals surface area contributed by atoms with Crippen molar-refractivity contribution in [1.82, 2.24) is 30.2 Å². The number of nitrogens with zero attached hydrogens (tertiary/aromatic N) is 3. The van der Waals surface area contributed by atoms with Crippen molar-refractivity contribution in [1.29, 1.82) is 0 Å². The van der Waals surface area contributed by atoms with Crippen LogP contribution >= 0.6 is 0 Å². The van der Waals surface area contributed by atoms with Gasteiger partial charge < -0.3 is 30.1 Å². The molecule has 7 atom stereocenters. The fraction of sp³-hybridized carbons (Fsp3) is 0.588. The molecular formula is C34H44N6O9S. The lowest BCUT2D eigenvalue weighted by molar-refractivity contribution is -0.142. The highest BCUT2D eigenvalue weighted by molar-refractivity contribution is 7.91. The Morgan fingerprint density at radius 2 is 1.90 bits per heavy atom. The van der Waals surface area contributed by atoms with Crippen molar-refractivity contribution in [2.24, 2.45) is 17.8 Å². The molecule has 6 rings (SSSR count). The summed E-state index contributed by atoms with van der Waals surface area (Å²) in [4.78, 5) is 64.1. The molecule has 4 amide bonds. The van der Waals surface area contributed by atoms with Crippen LogP contribution in [-0.2, 0) is 24.4 Å². The maximum atomic E-state index is 14.3. The van der Waals surface area contributed by atoms with Gasteiger partial charge in [-0.3, -0.25) is 19.1 Å². The number of fused-ring (bicyclic) bond motifs is 3. The maximum Gasteiger partial charge on any atom is 0.405 e. The Morgan fingerprint density at radius 1 is 1.14 bits per heavy atom. The minimum atomic E-state index is -4.00. The molecule has 2 aliphatic carbocycles. The summed E-state index contributed by atoms with van der Waals surface area (Å²) < 4.78 is 38.9. The number of carboxylic acid groups (broad SMARTS) is 1. The molecule has 15 nitrogen and oxygen atoms in total. The van der Waals surface area contributed by atoms with Gasteiger partial charge in [-0.25, -0.2) is 23.2 Å². The smallest absolute Gasteiger partial charge is 0.405 e. The highest BCUT2D eigenvalue weighted by atomic mass is 32.2. The van der Waals surface area contributed by atoms with Crippen LogP contribution in [0.2, 0.25) is 0 Å². The monoisotopic (exact) mass is 712 g/mol. The second-order valence-electron chi connectivity index (χ2n) is 14.5. The van der Waals surface area contributed by atoms with Gasteiger partial charge in [0.1, 0.15) is 35.8 Å². The summed E-state index contributed by atoms with van der Waals surface area (Å²) in [6, 6.07) is 2.87. The number of rotatable bonds is 7. The van der Waals surface area contributed by atoms with Crippen molar-refractivity contribution in [2.75, 3.05) is 13.7 Å². The number of ether oxygens (including phenoxy) is 2. The van der Waals surface area contributed by atoms with Crippen LogP contribution in [0.3, 0.4) is 0 Å². The Balaban J connectivity index is 1.33. The van der Waals surface area contributed by atoms with E-state index in [0.29, 0.717) is 42.3 Å². The van der Waals surface area contributed by atoms with E-state index in [9.17, 15) is 32.7 Å². The van der Waals surface area contributed by atoms with Gasteiger partial charge in [0.15, 0.2) is 0 Å². The molecule has 2 aliphatic heterocycles. The van der Waals surface area contributed by atoms with Crippen LogP contribution in [0.25, 0.3) is 10.9 Å². The topological polar surface area (TPSA) is 206 Å². The minimum Gasteiger partial charge on any atom is -0.497 e. The molecule has 2 saturated carbocycles. The fourth-order valence-corrected chi connectivity index (χ4v) is 8.43. The van der Waals surface area contributed by atoms with Gasteiger partial charge in [-0.1, -0.05) is 26.0 Å². The van der Waals surface area contributed by atoms with Gasteiger partial charge in [0.2, 0.25) is 27.7 Å². The number of aromatic nitrogens is 2. The van der Waals surface area contributed by atoms with Gasteiger partial charge in [-0.05, 0) is 69.4 Å². The van der Waals surface area contributed by atoms with E-state index in [0.717, 1.165) is 6.42 Å². The first-order chi connectivity index (χ1) is 23.7. The van der Waals surface area contributed by atoms with Crippen LogP contribution in [0.4, 0.5) is 4.79 Å². The van der Waals surface area contributed by atoms with Gasteiger partial charge in [0.05, 0.1) is 29.3 Å². The van der Waals surface area contributed by atoms with E-state index >= 15 is 0 Å². The number of allylic oxidation sites excluding steroid dienone is 1. The Labute approximate surface area is 290 Å². The van der Waals surface area contributed by atoms with E-state index in [1.54, 1.807) is 32.0 Å². The maximum absolute atomic E-state index is 14.3. The van der Waals surface area contributed by atoms with Gasteiger partial charge >= 0.3 is 6.09 Å². The SMILES string of the molecule is COc1ccc2c(O[C@@H]3C[C@H]4C(=O)N[C@]5(C(=O)NS(=O)(=O)C6(C)CC6)C[C@H]5/C=C\CC[C@@H](C)C[C@@H](C)[C@H](NC(=O)O)C(=O)N4C3)ncnc2c1. The van der Waals surface area contributed by atoms with E-state index < -0.39 is 74.1 Å². The average molecular weight is 713 g/mol. The molecule has 1 saturated heterocycles. The molecule has 1 aromatic carbocycles. The van der Waals surface area contributed by atoms with Crippen molar-refractivity contribution in [3.8, 4) is 11.6 Å². The number of methoxy groups -OCH3 is 1. The van der Waals surface area contributed by atoms with Crippen molar-refractivity contribution in [3.63, 3.8) is 0 Å². The molecule has 4 N–H and O–H groups in total. The number of nitrogens with one attached hydrogen (secondary N) is 3. The Morgan fingerprint density at radius 3 is 2.60 bits per heavy atom. The van der Waals surface area contributed by atoms with Crippen molar-refractivity contribution < 1.29 is 42.2 Å². The van der Waals surface area contributed by atoms with Crippen LogP contribution < -0.4 is 24.8 Å². The average Bonchev–Trinajstić information content (AvgIpc) is 3.95. The number of carbonyl (C=O) groups is 4. The van der Waals surface area contributed by atoms with Crippen LogP contribution in [0.1, 0.15) is 65.7 Å². The largest absolute Gasteiger partial charge is 0.497 e. The normalized spacial score (nSPS) is 31.6. The lowest BCUT2D eigenvalue weighted by Gasteiger charge is -2.32. The Bertz CT molecular complexity index is 1830. The summed E-state index contributed by atoms with van der Waals surface area (Å²) in [6.45, 7) is 5.33. The molecule has 0 bridgehead atoms. The molecule has 50 heavy (non-hydrogen) atoms. The molecule has 4 aliphatic rings. The summed E-state index contributed by atoms with van der Waals surface area (Å²) in [5.41, 5.74) is -0.986. The van der Waals surface area contributed by atoms with E-state index in [4.69, 9.17) is 9.47 Å². The molecule has 0 unspecified atom stereocenters. The van der Waals surface area contributed by atoms with Gasteiger partial charge in [-0.15, -0.1) is 0 Å². The number of sulfonamides is 1. The van der Waals surface area contributed by atoms with E-state index in [2.05, 4.69) is 25.3 Å². The third kappa shape index (κ3) is 6.94. The first kappa shape index (κ1) is 35.4. The van der Waals surface area contributed by atoms with Crippen LogP contribution in [-0.4, -0.2) is 94.3 Å². The first-order valence-electron chi connectivity index (χ1n) is 17.0. The summed E-state index contributed by atoms with van der Waals surface area (Å²) in [5.74, 6) is -2.03. The number of hydrogen-bond acceptors (Lipinski definition) is 10. The Kier molecular flexibility index (Phi) is 9.43. The standard InChI is InChI=1S/C34H44N6O9S/c1-19-7-5-6-8-21-16-34(21,31(43)39-50(46,47)33(3)11-12-33)38-28(41)26-15-23(17-40(26)30(42)27(20(2)13-19)37-32(44)45)49-29-24-10-9-22(48-4)14-25(24)35-18-36-29/h6,8-10,14,18-21,23,26-27,37H,5,7,11-13,15-17H2,1-4H3,(H,38,41)(H,39,43)(H,44,45)/b8-6-/t19-,20-,21-,23-,26+,27+,34-/m1/s1. The molecule has 0 spiro atoms. The van der Waals surface area contributed by atoms with E-state index in [1.165, 1.54) is 18.3 Å². The second-order valence-corrected chi connectivity index (χ2v) is 16.6. The molecule has 16 heteroatoms. The quantitative estimate of drug-likeness (QED) is 0.307. The van der Waals surface area contributed by atoms with Gasteiger partial charge in [0, 0.05) is 18.4 Å². The summed E-state index contributed by atoms with van der Waals surface area (Å²) in [7, 11) is -2.46. The van der Waals surface area contributed by atoms with Crippen LogP contribution in [0, 0.1) is 17.8 Å². The lowest BCUT2D eigenvalue weighted by Crippen LogP contribution is -2.59. The molecule has 3 heterocycles. The summed E-state index contributed by atoms with van der Waals surface area (Å²) in [5, 5.41) is 15.5. The minimum absolute atomic E-state index is 0.00161. The number of hydrogen-bond donors (Lipinski definition) is 4. The molecular weight excluding hydrogens is 668 g/mol. The molecule has 0 radical (unpaired) electrons. The van der Waals surface area contributed by atoms with Crippen LogP contribution in [0.15, 0.2) is 36.7 Å². The second kappa shape index (κ2) is 13.3. The number of benzene rings is 1. The predicted octanol–water partition coefficient (Wildman–Crippen LogP) is 2.51. The van der Waals surface area contributed by atoms with Crippen molar-refractivity contribution >= 4 is 44.7 Å². The fourth-order valence-electron chi connectivity index (χ4n) is 7.12. The molecule has 270 valence electrons. The molecule has 1 aromatic heterocycles.